The molecule has 1 aromatic carbocycles. The number of benzene rings is 1. The Morgan fingerprint density at radius 2 is 1.96 bits per heavy atom. The number of fused-ring (bicyclic) bond motifs is 1. The van der Waals surface area contributed by atoms with Crippen LogP contribution in [0.4, 0.5) is 5.82 Å². The first-order valence-electron chi connectivity index (χ1n) is 8.13. The molecule has 1 amide bonds. The first-order chi connectivity index (χ1) is 12.1. The van der Waals surface area contributed by atoms with Crippen LogP contribution >= 0.6 is 0 Å². The van der Waals surface area contributed by atoms with E-state index in [0.717, 1.165) is 17.2 Å². The Balaban J connectivity index is 1.63. The van der Waals surface area contributed by atoms with Crippen LogP contribution in [0.15, 0.2) is 48.7 Å². The molecule has 0 fully saturated rings. The van der Waals surface area contributed by atoms with Crippen molar-refractivity contribution in [2.75, 3.05) is 12.3 Å². The van der Waals surface area contributed by atoms with E-state index in [1.807, 2.05) is 30.3 Å². The average Bonchev–Trinajstić information content (AvgIpc) is 3.07. The van der Waals surface area contributed by atoms with E-state index in [4.69, 9.17) is 5.73 Å². The van der Waals surface area contributed by atoms with Crippen molar-refractivity contribution in [1.29, 1.82) is 0 Å². The molecule has 3 aromatic rings. The van der Waals surface area contributed by atoms with Crippen molar-refractivity contribution in [2.45, 2.75) is 19.5 Å². The van der Waals surface area contributed by atoms with E-state index in [1.165, 1.54) is 6.20 Å². The maximum atomic E-state index is 12.7. The van der Waals surface area contributed by atoms with Gasteiger partial charge in [0.2, 0.25) is 0 Å². The zero-order valence-corrected chi connectivity index (χ0v) is 13.8. The number of hydrogen-bond acceptors (Lipinski definition) is 5. The fourth-order valence-corrected chi connectivity index (χ4v) is 3.18. The summed E-state index contributed by atoms with van der Waals surface area (Å²) in [5, 5.41) is 8.65. The fourth-order valence-electron chi connectivity index (χ4n) is 3.18. The number of nitrogen functional groups attached to an aromatic ring is 1. The van der Waals surface area contributed by atoms with Crippen LogP contribution in [0.5, 0.6) is 0 Å². The Hall–Kier alpha value is -3.22. The van der Waals surface area contributed by atoms with Gasteiger partial charge < -0.3 is 15.2 Å². The van der Waals surface area contributed by atoms with Crippen LogP contribution in [0.2, 0.25) is 0 Å². The number of nitrogens with two attached hydrogens (primary N) is 1. The molecule has 2 aromatic heterocycles. The van der Waals surface area contributed by atoms with Crippen molar-refractivity contribution in [3.05, 3.63) is 60.0 Å². The normalized spacial score (nSPS) is 16.5. The van der Waals surface area contributed by atoms with Gasteiger partial charge in [0.25, 0.3) is 5.91 Å². The summed E-state index contributed by atoms with van der Waals surface area (Å²) >= 11 is 0. The van der Waals surface area contributed by atoms with Crippen LogP contribution in [-0.2, 0) is 6.54 Å². The predicted molar refractivity (Wildman–Crippen MR) is 93.6 cm³/mol. The molecule has 1 aliphatic heterocycles. The first-order valence-corrected chi connectivity index (χ1v) is 8.13. The summed E-state index contributed by atoms with van der Waals surface area (Å²) < 4.78 is 2.11. The van der Waals surface area contributed by atoms with Crippen LogP contribution in [0.1, 0.15) is 29.1 Å². The Labute approximate surface area is 145 Å². The number of carbonyl (C=O) groups excluding carboxylic acids is 1. The molecular weight excluding hydrogens is 316 g/mol. The van der Waals surface area contributed by atoms with Crippen molar-refractivity contribution in [3.8, 4) is 11.4 Å². The maximum absolute atomic E-state index is 12.7. The molecular formula is C18H18N6O. The molecule has 0 aliphatic carbocycles. The zero-order chi connectivity index (χ0) is 17.4. The second-order valence-corrected chi connectivity index (χ2v) is 6.18. The minimum absolute atomic E-state index is 0.0742. The standard InChI is InChI=1S/C18H18N6O/c1-12-10-23(18(25)14-7-8-15(19)20-9-14)11-16-21-22-17(24(12)16)13-5-3-2-4-6-13/h2-9,12H,10-11H2,1H3,(H2,19,20)/t12-/m0/s1. The minimum Gasteiger partial charge on any atom is -0.384 e. The predicted octanol–water partition coefficient (Wildman–Crippen LogP) is 2.14. The van der Waals surface area contributed by atoms with E-state index in [2.05, 4.69) is 26.7 Å². The molecule has 7 nitrogen and oxygen atoms in total. The number of anilines is 1. The smallest absolute Gasteiger partial charge is 0.255 e. The van der Waals surface area contributed by atoms with Crippen molar-refractivity contribution in [1.82, 2.24) is 24.6 Å². The first kappa shape index (κ1) is 15.3. The van der Waals surface area contributed by atoms with Gasteiger partial charge in [-0.1, -0.05) is 30.3 Å². The SMILES string of the molecule is C[C@H]1CN(C(=O)c2ccc(N)nc2)Cc2nnc(-c3ccccc3)n21. The quantitative estimate of drug-likeness (QED) is 0.775. The lowest BCUT2D eigenvalue weighted by Crippen LogP contribution is -2.40. The number of pyridine rings is 1. The highest BCUT2D eigenvalue weighted by Gasteiger charge is 2.30. The van der Waals surface area contributed by atoms with E-state index in [9.17, 15) is 4.79 Å². The van der Waals surface area contributed by atoms with E-state index < -0.39 is 0 Å². The third-order valence-corrected chi connectivity index (χ3v) is 4.38. The summed E-state index contributed by atoms with van der Waals surface area (Å²) in [6.45, 7) is 3.08. The molecule has 3 heterocycles. The van der Waals surface area contributed by atoms with Crippen LogP contribution in [0.25, 0.3) is 11.4 Å². The van der Waals surface area contributed by atoms with E-state index in [-0.39, 0.29) is 11.9 Å². The summed E-state index contributed by atoms with van der Waals surface area (Å²) in [6.07, 6.45) is 1.51. The number of carbonyl (C=O) groups is 1. The molecule has 2 N–H and O–H groups in total. The summed E-state index contributed by atoms with van der Waals surface area (Å²) in [5.41, 5.74) is 7.14. The topological polar surface area (TPSA) is 89.9 Å². The lowest BCUT2D eigenvalue weighted by atomic mass is 10.1. The second-order valence-electron chi connectivity index (χ2n) is 6.18. The molecule has 0 spiro atoms. The van der Waals surface area contributed by atoms with E-state index in [1.54, 1.807) is 17.0 Å². The van der Waals surface area contributed by atoms with Gasteiger partial charge in [-0.2, -0.15) is 0 Å². The zero-order valence-electron chi connectivity index (χ0n) is 13.8. The maximum Gasteiger partial charge on any atom is 0.255 e. The number of hydrogen-bond donors (Lipinski definition) is 1. The van der Waals surface area contributed by atoms with Crippen LogP contribution in [0.3, 0.4) is 0 Å². The van der Waals surface area contributed by atoms with Gasteiger partial charge in [0.1, 0.15) is 5.82 Å². The molecule has 7 heteroatoms. The molecule has 0 saturated carbocycles. The Kier molecular flexibility index (Phi) is 3.68. The van der Waals surface area contributed by atoms with Crippen molar-refractivity contribution < 1.29 is 4.79 Å². The average molecular weight is 334 g/mol. The lowest BCUT2D eigenvalue weighted by Gasteiger charge is -2.32. The molecule has 4 rings (SSSR count). The molecule has 0 radical (unpaired) electrons. The van der Waals surface area contributed by atoms with Crippen molar-refractivity contribution in [2.24, 2.45) is 0 Å². The molecule has 25 heavy (non-hydrogen) atoms. The summed E-state index contributed by atoms with van der Waals surface area (Å²) in [4.78, 5) is 18.5. The number of aromatic nitrogens is 4. The second kappa shape index (κ2) is 6.01. The van der Waals surface area contributed by atoms with Crippen molar-refractivity contribution >= 4 is 11.7 Å². The molecule has 0 unspecified atom stereocenters. The third kappa shape index (κ3) is 2.73. The van der Waals surface area contributed by atoms with Gasteiger partial charge in [0.05, 0.1) is 18.2 Å². The molecule has 0 saturated heterocycles. The third-order valence-electron chi connectivity index (χ3n) is 4.38. The molecule has 1 aliphatic rings. The van der Waals surface area contributed by atoms with Gasteiger partial charge in [0.15, 0.2) is 11.6 Å². The van der Waals surface area contributed by atoms with Gasteiger partial charge in [0, 0.05) is 18.3 Å². The van der Waals surface area contributed by atoms with Crippen molar-refractivity contribution in [3.63, 3.8) is 0 Å². The van der Waals surface area contributed by atoms with Gasteiger partial charge in [-0.25, -0.2) is 4.98 Å². The fraction of sp³-hybridized carbons (Fsp3) is 0.222. The van der Waals surface area contributed by atoms with E-state index >= 15 is 0 Å². The molecule has 0 bridgehead atoms. The van der Waals surface area contributed by atoms with Gasteiger partial charge in [-0.15, -0.1) is 10.2 Å². The highest BCUT2D eigenvalue weighted by atomic mass is 16.2. The lowest BCUT2D eigenvalue weighted by molar-refractivity contribution is 0.0682. The van der Waals surface area contributed by atoms with Gasteiger partial charge >= 0.3 is 0 Å². The number of nitrogens with zero attached hydrogens (tertiary/aromatic N) is 5. The van der Waals surface area contributed by atoms with Gasteiger partial charge in [-0.05, 0) is 19.1 Å². The van der Waals surface area contributed by atoms with Crippen LogP contribution in [-0.4, -0.2) is 37.1 Å². The van der Waals surface area contributed by atoms with Crippen LogP contribution < -0.4 is 5.73 Å². The largest absolute Gasteiger partial charge is 0.384 e. The Morgan fingerprint density at radius 1 is 1.16 bits per heavy atom. The monoisotopic (exact) mass is 334 g/mol. The summed E-state index contributed by atoms with van der Waals surface area (Å²) in [7, 11) is 0. The minimum atomic E-state index is -0.0742. The Morgan fingerprint density at radius 3 is 2.68 bits per heavy atom. The molecule has 126 valence electrons. The van der Waals surface area contributed by atoms with Gasteiger partial charge in [-0.3, -0.25) is 4.79 Å². The van der Waals surface area contributed by atoms with E-state index in [0.29, 0.717) is 24.5 Å². The highest BCUT2D eigenvalue weighted by Crippen LogP contribution is 2.28. The Bertz CT molecular complexity index is 903. The molecule has 1 atom stereocenters. The number of rotatable bonds is 2. The highest BCUT2D eigenvalue weighted by molar-refractivity contribution is 5.94. The summed E-state index contributed by atoms with van der Waals surface area (Å²) in [6, 6.07) is 13.4. The van der Waals surface area contributed by atoms with Crippen LogP contribution in [0, 0.1) is 0 Å². The number of amides is 1. The summed E-state index contributed by atoms with van der Waals surface area (Å²) in [5.74, 6) is 1.95.